The van der Waals surface area contributed by atoms with Gasteiger partial charge in [-0.25, -0.2) is 8.37 Å². The zero-order valence-corrected chi connectivity index (χ0v) is 23.5. The molecular formula is C26H44O8S2. The molecule has 4 rings (SSSR count). The van der Waals surface area contributed by atoms with E-state index in [-0.39, 0.29) is 24.2 Å². The molecule has 4 aliphatic rings. The van der Waals surface area contributed by atoms with Gasteiger partial charge in [0.05, 0.1) is 0 Å². The minimum absolute atomic E-state index is 0.131. The molecule has 0 bridgehead atoms. The number of fused-ring (bicyclic) bond motifs is 5. The molecule has 2 N–H and O–H groups in total. The molecule has 0 radical (unpaired) electrons. The molecule has 4 fully saturated rings. The van der Waals surface area contributed by atoms with E-state index in [0.29, 0.717) is 35.0 Å². The van der Waals surface area contributed by atoms with Crippen molar-refractivity contribution in [2.75, 3.05) is 0 Å². The summed E-state index contributed by atoms with van der Waals surface area (Å²) in [5.41, 5.74) is 0.0555. The summed E-state index contributed by atoms with van der Waals surface area (Å²) in [6.07, 6.45) is 10.4. The maximum Gasteiger partial charge on any atom is 0.397 e. The van der Waals surface area contributed by atoms with Gasteiger partial charge in [-0.1, -0.05) is 33.3 Å². The highest BCUT2D eigenvalue weighted by Crippen LogP contribution is 2.68. The third-order valence-corrected chi connectivity index (χ3v) is 11.9. The molecule has 10 atom stereocenters. The maximum atomic E-state index is 11.6. The quantitative estimate of drug-likeness (QED) is 0.216. The molecule has 0 aromatic rings. The molecule has 0 amide bonds. The number of allylic oxidation sites excluding steroid dienone is 1. The van der Waals surface area contributed by atoms with E-state index in [1.54, 1.807) is 0 Å². The monoisotopic (exact) mass is 548 g/mol. The molecular weight excluding hydrogens is 504 g/mol. The standard InChI is InChI=1S/C26H44O8S2/c1-5-6-7-8-17(2)20-11-12-21-19-10-9-18-15-23(33-35(27,28)29)24(34-36(30,31)32)16-26(18,4)22(19)13-14-25(20,21)3/h5,17-24H,1,6-16H2,2-4H3,(H,27,28,29)(H,30,31,32). The highest BCUT2D eigenvalue weighted by molar-refractivity contribution is 7.81. The van der Waals surface area contributed by atoms with Gasteiger partial charge in [0, 0.05) is 0 Å². The van der Waals surface area contributed by atoms with Gasteiger partial charge < -0.3 is 0 Å². The van der Waals surface area contributed by atoms with Crippen LogP contribution < -0.4 is 0 Å². The van der Waals surface area contributed by atoms with Crippen LogP contribution in [0.4, 0.5) is 0 Å². The lowest BCUT2D eigenvalue weighted by Crippen LogP contribution is -2.57. The zero-order valence-electron chi connectivity index (χ0n) is 21.8. The van der Waals surface area contributed by atoms with Gasteiger partial charge in [-0.05, 0) is 111 Å². The molecule has 208 valence electrons. The van der Waals surface area contributed by atoms with Gasteiger partial charge in [0.25, 0.3) is 0 Å². The Morgan fingerprint density at radius 1 is 0.944 bits per heavy atom. The minimum atomic E-state index is -4.82. The van der Waals surface area contributed by atoms with E-state index < -0.39 is 33.0 Å². The summed E-state index contributed by atoms with van der Waals surface area (Å²) in [6.45, 7) is 11.0. The number of hydrogen-bond donors (Lipinski definition) is 2. The van der Waals surface area contributed by atoms with Crippen molar-refractivity contribution in [3.05, 3.63) is 12.7 Å². The van der Waals surface area contributed by atoms with Gasteiger partial charge in [-0.2, -0.15) is 16.8 Å². The van der Waals surface area contributed by atoms with E-state index in [2.05, 4.69) is 27.4 Å². The molecule has 4 aliphatic carbocycles. The summed E-state index contributed by atoms with van der Waals surface area (Å²) in [6, 6.07) is 0. The predicted octanol–water partition coefficient (Wildman–Crippen LogP) is 5.62. The van der Waals surface area contributed by atoms with Gasteiger partial charge in [0.1, 0.15) is 12.2 Å². The largest absolute Gasteiger partial charge is 0.397 e. The van der Waals surface area contributed by atoms with E-state index in [9.17, 15) is 25.9 Å². The van der Waals surface area contributed by atoms with Crippen LogP contribution in [0.3, 0.4) is 0 Å². The van der Waals surface area contributed by atoms with Crippen molar-refractivity contribution in [1.29, 1.82) is 0 Å². The van der Waals surface area contributed by atoms with Crippen LogP contribution in [0.25, 0.3) is 0 Å². The Bertz CT molecular complexity index is 1030. The number of hydrogen-bond acceptors (Lipinski definition) is 6. The van der Waals surface area contributed by atoms with Crippen LogP contribution in [0, 0.1) is 46.3 Å². The summed E-state index contributed by atoms with van der Waals surface area (Å²) in [5, 5.41) is 0. The van der Waals surface area contributed by atoms with Crippen molar-refractivity contribution < 1.29 is 34.3 Å². The van der Waals surface area contributed by atoms with Crippen LogP contribution in [0.15, 0.2) is 12.7 Å². The molecule has 0 aromatic heterocycles. The van der Waals surface area contributed by atoms with E-state index in [1.807, 2.05) is 6.08 Å². The minimum Gasteiger partial charge on any atom is -0.264 e. The fourth-order valence-electron chi connectivity index (χ4n) is 9.51. The summed E-state index contributed by atoms with van der Waals surface area (Å²) in [5.74, 6) is 3.08. The average molecular weight is 549 g/mol. The van der Waals surface area contributed by atoms with Crippen molar-refractivity contribution in [3.8, 4) is 0 Å². The summed E-state index contributed by atoms with van der Waals surface area (Å²) in [7, 11) is -9.62. The number of rotatable bonds is 9. The lowest BCUT2D eigenvalue weighted by atomic mass is 9.44. The van der Waals surface area contributed by atoms with E-state index >= 15 is 0 Å². The topological polar surface area (TPSA) is 127 Å². The van der Waals surface area contributed by atoms with E-state index in [4.69, 9.17) is 8.37 Å². The lowest BCUT2D eigenvalue weighted by molar-refractivity contribution is -0.152. The van der Waals surface area contributed by atoms with Crippen LogP contribution >= 0.6 is 0 Å². The first-order valence-electron chi connectivity index (χ1n) is 13.6. The lowest BCUT2D eigenvalue weighted by Gasteiger charge is -2.62. The molecule has 0 spiro atoms. The molecule has 10 heteroatoms. The SMILES string of the molecule is C=CCCCC(C)C1CCC2C3CCC4CC(OS(=O)(=O)O)C(OS(=O)(=O)O)CC4(C)C3CCC12C. The van der Waals surface area contributed by atoms with Crippen LogP contribution in [-0.4, -0.2) is 38.1 Å². The molecule has 0 aromatic carbocycles. The van der Waals surface area contributed by atoms with Crippen molar-refractivity contribution >= 4 is 20.8 Å². The van der Waals surface area contributed by atoms with Crippen molar-refractivity contribution in [2.24, 2.45) is 46.3 Å². The highest BCUT2D eigenvalue weighted by atomic mass is 32.3. The van der Waals surface area contributed by atoms with Crippen LogP contribution in [0.2, 0.25) is 0 Å². The van der Waals surface area contributed by atoms with Crippen LogP contribution in [0.1, 0.15) is 91.4 Å². The van der Waals surface area contributed by atoms with E-state index in [0.717, 1.165) is 32.1 Å². The zero-order chi connectivity index (χ0) is 26.5. The molecule has 8 nitrogen and oxygen atoms in total. The smallest absolute Gasteiger partial charge is 0.264 e. The molecule has 0 heterocycles. The fraction of sp³-hybridized carbons (Fsp3) is 0.923. The molecule has 0 saturated heterocycles. The second-order valence-electron chi connectivity index (χ2n) is 12.6. The summed E-state index contributed by atoms with van der Waals surface area (Å²) in [4.78, 5) is 0. The van der Waals surface area contributed by atoms with Crippen LogP contribution in [0.5, 0.6) is 0 Å². The highest BCUT2D eigenvalue weighted by Gasteiger charge is 2.62. The average Bonchev–Trinajstić information content (AvgIpc) is 3.10. The van der Waals surface area contributed by atoms with Crippen molar-refractivity contribution in [1.82, 2.24) is 0 Å². The first kappa shape index (κ1) is 28.5. The van der Waals surface area contributed by atoms with Gasteiger partial charge in [-0.15, -0.1) is 6.58 Å². The fourth-order valence-corrected chi connectivity index (χ4v) is 10.5. The van der Waals surface area contributed by atoms with Crippen molar-refractivity contribution in [3.63, 3.8) is 0 Å². The maximum absolute atomic E-state index is 11.6. The molecule has 0 aliphatic heterocycles. The normalized spacial score (nSPS) is 43.8. The van der Waals surface area contributed by atoms with E-state index in [1.165, 1.54) is 25.7 Å². The summed E-state index contributed by atoms with van der Waals surface area (Å²) >= 11 is 0. The van der Waals surface area contributed by atoms with Crippen molar-refractivity contribution in [2.45, 2.75) is 104 Å². The Morgan fingerprint density at radius 2 is 1.58 bits per heavy atom. The Labute approximate surface area is 217 Å². The molecule has 10 unspecified atom stereocenters. The predicted molar refractivity (Wildman–Crippen MR) is 137 cm³/mol. The first-order chi connectivity index (χ1) is 16.7. The Morgan fingerprint density at radius 3 is 2.22 bits per heavy atom. The van der Waals surface area contributed by atoms with Gasteiger partial charge in [-0.3, -0.25) is 9.11 Å². The van der Waals surface area contributed by atoms with Gasteiger partial charge >= 0.3 is 20.8 Å². The second kappa shape index (κ2) is 10.2. The Balaban J connectivity index is 1.55. The Kier molecular flexibility index (Phi) is 8.09. The third-order valence-electron chi connectivity index (χ3n) is 11.0. The summed E-state index contributed by atoms with van der Waals surface area (Å²) < 4.78 is 74.6. The van der Waals surface area contributed by atoms with Gasteiger partial charge in [0.2, 0.25) is 0 Å². The van der Waals surface area contributed by atoms with Crippen LogP contribution in [-0.2, 0) is 29.2 Å². The third kappa shape index (κ3) is 5.59. The molecule has 36 heavy (non-hydrogen) atoms. The second-order valence-corrected chi connectivity index (χ2v) is 14.7. The Hall–Kier alpha value is -0.520. The first-order valence-corrected chi connectivity index (χ1v) is 16.3. The molecule has 4 saturated carbocycles. The van der Waals surface area contributed by atoms with Gasteiger partial charge in [0.15, 0.2) is 0 Å². The number of unbranched alkanes of at least 4 members (excludes halogenated alkanes) is 1.